The summed E-state index contributed by atoms with van der Waals surface area (Å²) in [6.45, 7) is 2.70. The Labute approximate surface area is 143 Å². The molecule has 0 amide bonds. The van der Waals surface area contributed by atoms with Gasteiger partial charge in [0.15, 0.2) is 0 Å². The van der Waals surface area contributed by atoms with E-state index in [4.69, 9.17) is 21.1 Å². The second kappa shape index (κ2) is 8.76. The van der Waals surface area contributed by atoms with Gasteiger partial charge < -0.3 is 9.47 Å². The van der Waals surface area contributed by atoms with E-state index >= 15 is 0 Å². The molecule has 2 nitrogen and oxygen atoms in total. The molecule has 0 heterocycles. The van der Waals surface area contributed by atoms with Crippen molar-refractivity contribution in [3.63, 3.8) is 0 Å². The molecule has 122 valence electrons. The van der Waals surface area contributed by atoms with E-state index in [1.54, 1.807) is 14.2 Å². The van der Waals surface area contributed by atoms with Gasteiger partial charge in [0.05, 0.1) is 13.7 Å². The minimum atomic E-state index is 0.577. The van der Waals surface area contributed by atoms with E-state index in [-0.39, 0.29) is 0 Å². The lowest BCUT2D eigenvalue weighted by molar-refractivity contribution is 0.184. The van der Waals surface area contributed by atoms with Crippen LogP contribution in [0, 0.1) is 0 Å². The molecular formula is C20H23ClO2. The zero-order valence-corrected chi connectivity index (χ0v) is 14.7. The van der Waals surface area contributed by atoms with Crippen LogP contribution in [0.15, 0.2) is 54.1 Å². The summed E-state index contributed by atoms with van der Waals surface area (Å²) in [5, 5.41) is 0.770. The van der Waals surface area contributed by atoms with Crippen LogP contribution in [0.5, 0.6) is 0 Å². The quantitative estimate of drug-likeness (QED) is 0.624. The summed E-state index contributed by atoms with van der Waals surface area (Å²) in [6, 6.07) is 16.2. The third-order valence-corrected chi connectivity index (χ3v) is 4.11. The minimum Gasteiger partial charge on any atom is -0.496 e. The summed E-state index contributed by atoms with van der Waals surface area (Å²) in [5.41, 5.74) is 4.74. The van der Waals surface area contributed by atoms with Crippen LogP contribution >= 0.6 is 11.6 Å². The SMILES string of the molecule is COCc1ccccc1/C(OC)=C(/C)CCc1ccc(Cl)cc1. The maximum absolute atomic E-state index is 5.93. The topological polar surface area (TPSA) is 18.5 Å². The molecule has 23 heavy (non-hydrogen) atoms. The normalized spacial score (nSPS) is 12.0. The second-order valence-corrected chi connectivity index (χ2v) is 5.97. The van der Waals surface area contributed by atoms with Crippen molar-refractivity contribution < 1.29 is 9.47 Å². The second-order valence-electron chi connectivity index (χ2n) is 5.53. The van der Waals surface area contributed by atoms with Gasteiger partial charge in [-0.2, -0.15) is 0 Å². The number of aryl methyl sites for hydroxylation is 1. The Morgan fingerprint density at radius 3 is 2.35 bits per heavy atom. The summed E-state index contributed by atoms with van der Waals surface area (Å²) in [4.78, 5) is 0. The van der Waals surface area contributed by atoms with Crippen molar-refractivity contribution in [1.29, 1.82) is 0 Å². The molecule has 0 aliphatic rings. The van der Waals surface area contributed by atoms with Crippen LogP contribution in [-0.2, 0) is 22.5 Å². The number of benzene rings is 2. The Bertz CT molecular complexity index is 660. The van der Waals surface area contributed by atoms with Gasteiger partial charge in [-0.25, -0.2) is 0 Å². The summed E-state index contributed by atoms with van der Waals surface area (Å²) in [5.74, 6) is 0.937. The summed E-state index contributed by atoms with van der Waals surface area (Å²) >= 11 is 5.93. The highest BCUT2D eigenvalue weighted by Gasteiger charge is 2.11. The highest BCUT2D eigenvalue weighted by atomic mass is 35.5. The molecule has 0 unspecified atom stereocenters. The predicted octanol–water partition coefficient (Wildman–Crippen LogP) is 5.50. The number of halogens is 1. The first kappa shape index (κ1) is 17.6. The van der Waals surface area contributed by atoms with Crippen LogP contribution in [0.4, 0.5) is 0 Å². The molecule has 0 atom stereocenters. The van der Waals surface area contributed by atoms with Gasteiger partial charge in [0, 0.05) is 17.7 Å². The van der Waals surface area contributed by atoms with E-state index in [1.165, 1.54) is 11.1 Å². The summed E-state index contributed by atoms with van der Waals surface area (Å²) in [7, 11) is 3.44. The molecule has 0 aliphatic heterocycles. The van der Waals surface area contributed by atoms with Crippen LogP contribution in [0.2, 0.25) is 5.02 Å². The average molecular weight is 331 g/mol. The maximum atomic E-state index is 5.93. The molecule has 3 heteroatoms. The Hall–Kier alpha value is -1.77. The van der Waals surface area contributed by atoms with E-state index in [0.717, 1.165) is 34.8 Å². The zero-order valence-electron chi connectivity index (χ0n) is 13.9. The number of methoxy groups -OCH3 is 2. The van der Waals surface area contributed by atoms with Gasteiger partial charge in [0.2, 0.25) is 0 Å². The molecule has 0 fully saturated rings. The first-order chi connectivity index (χ1) is 11.2. The Balaban J connectivity index is 2.20. The van der Waals surface area contributed by atoms with E-state index in [0.29, 0.717) is 6.61 Å². The fraction of sp³-hybridized carbons (Fsp3) is 0.300. The number of ether oxygens (including phenoxy) is 2. The first-order valence-corrected chi connectivity index (χ1v) is 8.09. The van der Waals surface area contributed by atoms with Gasteiger partial charge in [-0.15, -0.1) is 0 Å². The molecule has 2 aromatic rings. The molecule has 0 bridgehead atoms. The van der Waals surface area contributed by atoms with Crippen molar-refractivity contribution in [2.24, 2.45) is 0 Å². The van der Waals surface area contributed by atoms with Crippen LogP contribution in [-0.4, -0.2) is 14.2 Å². The van der Waals surface area contributed by atoms with Gasteiger partial charge in [-0.1, -0.05) is 48.0 Å². The largest absolute Gasteiger partial charge is 0.496 e. The number of hydrogen-bond acceptors (Lipinski definition) is 2. The van der Waals surface area contributed by atoms with Crippen LogP contribution in [0.1, 0.15) is 30.0 Å². The molecule has 2 rings (SSSR count). The Morgan fingerprint density at radius 2 is 1.70 bits per heavy atom. The lowest BCUT2D eigenvalue weighted by atomic mass is 9.99. The lowest BCUT2D eigenvalue weighted by Crippen LogP contribution is -2.00. The third kappa shape index (κ3) is 4.85. The van der Waals surface area contributed by atoms with Gasteiger partial charge in [-0.3, -0.25) is 0 Å². The molecule has 0 spiro atoms. The molecule has 0 aliphatic carbocycles. The fourth-order valence-corrected chi connectivity index (χ4v) is 2.76. The molecule has 0 N–H and O–H groups in total. The van der Waals surface area contributed by atoms with Gasteiger partial charge in [-0.05, 0) is 48.6 Å². The van der Waals surface area contributed by atoms with Crippen molar-refractivity contribution in [2.45, 2.75) is 26.4 Å². The van der Waals surface area contributed by atoms with Crippen molar-refractivity contribution in [1.82, 2.24) is 0 Å². The number of hydrogen-bond donors (Lipinski definition) is 0. The molecule has 0 saturated carbocycles. The third-order valence-electron chi connectivity index (χ3n) is 3.86. The minimum absolute atomic E-state index is 0.577. The fourth-order valence-electron chi connectivity index (χ4n) is 2.63. The molecule has 0 aromatic heterocycles. The van der Waals surface area contributed by atoms with Crippen molar-refractivity contribution in [3.05, 3.63) is 75.8 Å². The average Bonchev–Trinajstić information content (AvgIpc) is 2.57. The van der Waals surface area contributed by atoms with Crippen molar-refractivity contribution in [3.8, 4) is 0 Å². The Kier molecular flexibility index (Phi) is 6.69. The maximum Gasteiger partial charge on any atom is 0.125 e. The number of allylic oxidation sites excluding steroid dienone is 1. The highest BCUT2D eigenvalue weighted by molar-refractivity contribution is 6.30. The van der Waals surface area contributed by atoms with Crippen molar-refractivity contribution >= 4 is 17.4 Å². The first-order valence-electron chi connectivity index (χ1n) is 7.71. The van der Waals surface area contributed by atoms with Gasteiger partial charge in [0.1, 0.15) is 5.76 Å². The van der Waals surface area contributed by atoms with E-state index in [2.05, 4.69) is 31.2 Å². The molecule has 2 aromatic carbocycles. The highest BCUT2D eigenvalue weighted by Crippen LogP contribution is 2.26. The van der Waals surface area contributed by atoms with Crippen LogP contribution < -0.4 is 0 Å². The Morgan fingerprint density at radius 1 is 1.00 bits per heavy atom. The molecule has 0 saturated heterocycles. The predicted molar refractivity (Wildman–Crippen MR) is 96.5 cm³/mol. The summed E-state index contributed by atoms with van der Waals surface area (Å²) in [6.07, 6.45) is 1.90. The smallest absolute Gasteiger partial charge is 0.125 e. The van der Waals surface area contributed by atoms with E-state index in [1.807, 2.05) is 24.3 Å². The lowest BCUT2D eigenvalue weighted by Gasteiger charge is -2.15. The monoisotopic (exact) mass is 330 g/mol. The van der Waals surface area contributed by atoms with Crippen molar-refractivity contribution in [2.75, 3.05) is 14.2 Å². The van der Waals surface area contributed by atoms with E-state index < -0.39 is 0 Å². The van der Waals surface area contributed by atoms with Gasteiger partial charge >= 0.3 is 0 Å². The molecule has 0 radical (unpaired) electrons. The van der Waals surface area contributed by atoms with Crippen LogP contribution in [0.25, 0.3) is 5.76 Å². The van der Waals surface area contributed by atoms with Crippen LogP contribution in [0.3, 0.4) is 0 Å². The summed E-state index contributed by atoms with van der Waals surface area (Å²) < 4.78 is 11.0. The standard InChI is InChI=1S/C20H23ClO2/c1-15(8-9-16-10-12-18(21)13-11-16)20(23-3)19-7-5-4-6-17(19)14-22-2/h4-7,10-13H,8-9,14H2,1-3H3/b20-15+. The van der Waals surface area contributed by atoms with Gasteiger partial charge in [0.25, 0.3) is 0 Å². The number of rotatable bonds is 7. The van der Waals surface area contributed by atoms with E-state index in [9.17, 15) is 0 Å². The zero-order chi connectivity index (χ0) is 16.7. The molecular weight excluding hydrogens is 308 g/mol.